The van der Waals surface area contributed by atoms with Crippen LogP contribution in [0, 0.1) is 0 Å². The van der Waals surface area contributed by atoms with E-state index in [1.165, 1.54) is 0 Å². The van der Waals surface area contributed by atoms with Crippen molar-refractivity contribution in [2.24, 2.45) is 0 Å². The van der Waals surface area contributed by atoms with Gasteiger partial charge in [0.05, 0.1) is 5.02 Å². The van der Waals surface area contributed by atoms with Gasteiger partial charge in [-0.3, -0.25) is 0 Å². The average Bonchev–Trinajstić information content (AvgIpc) is 2.20. The smallest absolute Gasteiger partial charge is 0.227 e. The van der Waals surface area contributed by atoms with Gasteiger partial charge >= 0.3 is 0 Å². The summed E-state index contributed by atoms with van der Waals surface area (Å²) in [5, 5.41) is 0.620. The van der Waals surface area contributed by atoms with Gasteiger partial charge in [0.15, 0.2) is 5.82 Å². The fraction of sp³-hybridized carbons (Fsp3) is 0. The molecule has 0 amide bonds. The molecule has 82 valence electrons. The van der Waals surface area contributed by atoms with E-state index >= 15 is 0 Å². The lowest BCUT2D eigenvalue weighted by Gasteiger charge is -2.03. The molecule has 0 unspecified atom stereocenters. The third-order valence-electron chi connectivity index (χ3n) is 1.80. The summed E-state index contributed by atoms with van der Waals surface area (Å²) in [4.78, 5) is 11.6. The predicted molar refractivity (Wildman–Crippen MR) is 67.4 cm³/mol. The zero-order valence-corrected chi connectivity index (χ0v) is 10.9. The largest absolute Gasteiger partial charge is 0.368 e. The van der Waals surface area contributed by atoms with Crippen molar-refractivity contribution in [3.05, 3.63) is 33.0 Å². The second-order valence-corrected chi connectivity index (χ2v) is 4.51. The molecule has 0 aliphatic heterocycles. The molecular weight excluding hydrogens is 315 g/mol. The van der Waals surface area contributed by atoms with Crippen molar-refractivity contribution in [3.63, 3.8) is 0 Å². The minimum absolute atomic E-state index is 0.0570. The van der Waals surface area contributed by atoms with Gasteiger partial charge in [-0.25, -0.2) is 0 Å². The van der Waals surface area contributed by atoms with Gasteiger partial charge in [-0.1, -0.05) is 11.6 Å². The van der Waals surface area contributed by atoms with E-state index in [4.69, 9.17) is 28.9 Å². The van der Waals surface area contributed by atoms with Crippen molar-refractivity contribution in [2.75, 3.05) is 5.73 Å². The zero-order valence-electron chi connectivity index (χ0n) is 7.78. The molecule has 0 aliphatic carbocycles. The molecule has 1 aromatic carbocycles. The van der Waals surface area contributed by atoms with Gasteiger partial charge in [-0.15, -0.1) is 0 Å². The van der Waals surface area contributed by atoms with E-state index in [1.807, 2.05) is 0 Å². The van der Waals surface area contributed by atoms with Crippen LogP contribution in [0.25, 0.3) is 11.4 Å². The standard InChI is InChI=1S/C9H5BrCl2N4/c10-5-2-1-4(3-6(5)11)7-14-8(12)16-9(13)15-7/h1-3H,(H2,13,14,15,16). The van der Waals surface area contributed by atoms with Crippen molar-refractivity contribution < 1.29 is 0 Å². The number of nitrogens with two attached hydrogens (primary N) is 1. The van der Waals surface area contributed by atoms with Crippen LogP contribution in [0.1, 0.15) is 0 Å². The minimum Gasteiger partial charge on any atom is -0.368 e. The number of rotatable bonds is 1. The van der Waals surface area contributed by atoms with E-state index in [0.29, 0.717) is 10.8 Å². The Bertz CT molecular complexity index is 527. The summed E-state index contributed by atoms with van der Waals surface area (Å²) in [6.45, 7) is 0. The summed E-state index contributed by atoms with van der Waals surface area (Å²) < 4.78 is 0.797. The summed E-state index contributed by atoms with van der Waals surface area (Å²) >= 11 is 14.9. The van der Waals surface area contributed by atoms with E-state index in [-0.39, 0.29) is 11.2 Å². The molecule has 2 N–H and O–H groups in total. The summed E-state index contributed by atoms with van der Waals surface area (Å²) in [7, 11) is 0. The Hall–Kier alpha value is -0.910. The quantitative estimate of drug-likeness (QED) is 0.876. The van der Waals surface area contributed by atoms with E-state index < -0.39 is 0 Å². The molecule has 0 aliphatic rings. The molecule has 4 nitrogen and oxygen atoms in total. The Kier molecular flexibility index (Phi) is 3.28. The highest BCUT2D eigenvalue weighted by Crippen LogP contribution is 2.27. The Morgan fingerprint density at radius 1 is 1.12 bits per heavy atom. The Morgan fingerprint density at radius 2 is 1.88 bits per heavy atom. The SMILES string of the molecule is Nc1nc(Cl)nc(-c2ccc(Br)c(Cl)c2)n1. The van der Waals surface area contributed by atoms with Gasteiger partial charge in [-0.2, -0.15) is 15.0 Å². The van der Waals surface area contributed by atoms with Crippen molar-refractivity contribution in [3.8, 4) is 11.4 Å². The molecular formula is C9H5BrCl2N4. The van der Waals surface area contributed by atoms with Crippen molar-refractivity contribution >= 4 is 45.1 Å². The summed E-state index contributed by atoms with van der Waals surface area (Å²) in [6, 6.07) is 5.32. The monoisotopic (exact) mass is 318 g/mol. The van der Waals surface area contributed by atoms with Crippen LogP contribution in [0.4, 0.5) is 5.95 Å². The maximum absolute atomic E-state index is 5.96. The van der Waals surface area contributed by atoms with E-state index in [9.17, 15) is 0 Å². The fourth-order valence-electron chi connectivity index (χ4n) is 1.13. The molecule has 1 heterocycles. The predicted octanol–water partition coefficient (Wildman–Crippen LogP) is 3.19. The molecule has 0 radical (unpaired) electrons. The van der Waals surface area contributed by atoms with Gasteiger partial charge in [-0.05, 0) is 45.7 Å². The summed E-state index contributed by atoms with van der Waals surface area (Å²) in [5.74, 6) is 0.473. The maximum atomic E-state index is 5.96. The van der Waals surface area contributed by atoms with E-state index in [1.54, 1.807) is 18.2 Å². The van der Waals surface area contributed by atoms with Gasteiger partial charge in [0.2, 0.25) is 11.2 Å². The lowest BCUT2D eigenvalue weighted by atomic mass is 10.2. The van der Waals surface area contributed by atoms with Gasteiger partial charge in [0.1, 0.15) is 0 Å². The first-order valence-electron chi connectivity index (χ1n) is 4.19. The van der Waals surface area contributed by atoms with Gasteiger partial charge < -0.3 is 5.73 Å². The number of anilines is 1. The first-order chi connectivity index (χ1) is 7.56. The van der Waals surface area contributed by atoms with Crippen molar-refractivity contribution in [2.45, 2.75) is 0 Å². The van der Waals surface area contributed by atoms with Crippen molar-refractivity contribution in [1.29, 1.82) is 0 Å². The third kappa shape index (κ3) is 2.42. The molecule has 0 saturated carbocycles. The molecule has 7 heteroatoms. The second-order valence-electron chi connectivity index (χ2n) is 2.92. The Labute approximate surface area is 110 Å². The molecule has 1 aromatic heterocycles. The van der Waals surface area contributed by atoms with Crippen molar-refractivity contribution in [1.82, 2.24) is 15.0 Å². The summed E-state index contributed by atoms with van der Waals surface area (Å²) in [5.41, 5.74) is 6.20. The van der Waals surface area contributed by atoms with Crippen LogP contribution >= 0.6 is 39.1 Å². The second kappa shape index (κ2) is 4.53. The molecule has 0 atom stereocenters. The molecule has 2 aromatic rings. The fourth-order valence-corrected chi connectivity index (χ4v) is 1.72. The number of aromatic nitrogens is 3. The highest BCUT2D eigenvalue weighted by atomic mass is 79.9. The van der Waals surface area contributed by atoms with Crippen LogP contribution in [0.2, 0.25) is 10.3 Å². The third-order valence-corrected chi connectivity index (χ3v) is 3.20. The Balaban J connectivity index is 2.54. The zero-order chi connectivity index (χ0) is 11.7. The number of nitrogen functional groups attached to an aromatic ring is 1. The maximum Gasteiger partial charge on any atom is 0.227 e. The highest BCUT2D eigenvalue weighted by Gasteiger charge is 2.07. The number of nitrogens with zero attached hydrogens (tertiary/aromatic N) is 3. The van der Waals surface area contributed by atoms with E-state index in [0.717, 1.165) is 10.0 Å². The van der Waals surface area contributed by atoms with Gasteiger partial charge in [0.25, 0.3) is 0 Å². The molecule has 2 rings (SSSR count). The average molecular weight is 320 g/mol. The first-order valence-corrected chi connectivity index (χ1v) is 5.73. The van der Waals surface area contributed by atoms with Crippen LogP contribution in [-0.2, 0) is 0 Å². The number of hydrogen-bond acceptors (Lipinski definition) is 4. The van der Waals surface area contributed by atoms with E-state index in [2.05, 4.69) is 30.9 Å². The highest BCUT2D eigenvalue weighted by molar-refractivity contribution is 9.10. The van der Waals surface area contributed by atoms with Crippen LogP contribution in [-0.4, -0.2) is 15.0 Å². The minimum atomic E-state index is 0.0570. The lowest BCUT2D eigenvalue weighted by molar-refractivity contribution is 1.07. The normalized spacial score (nSPS) is 10.4. The van der Waals surface area contributed by atoms with Crippen LogP contribution in [0.3, 0.4) is 0 Å². The number of hydrogen-bond donors (Lipinski definition) is 1. The van der Waals surface area contributed by atoms with Crippen LogP contribution in [0.15, 0.2) is 22.7 Å². The first kappa shape index (κ1) is 11.6. The molecule has 16 heavy (non-hydrogen) atoms. The molecule has 0 fully saturated rings. The molecule has 0 spiro atoms. The number of benzene rings is 1. The summed E-state index contributed by atoms with van der Waals surface area (Å²) in [6.07, 6.45) is 0. The number of halogens is 3. The molecule has 0 saturated heterocycles. The van der Waals surface area contributed by atoms with Crippen LogP contribution in [0.5, 0.6) is 0 Å². The van der Waals surface area contributed by atoms with Crippen LogP contribution < -0.4 is 5.73 Å². The topological polar surface area (TPSA) is 64.7 Å². The van der Waals surface area contributed by atoms with Gasteiger partial charge in [0, 0.05) is 10.0 Å². The molecule has 0 bridgehead atoms. The lowest BCUT2D eigenvalue weighted by Crippen LogP contribution is -1.99. The Morgan fingerprint density at radius 3 is 2.50 bits per heavy atom.